The maximum absolute atomic E-state index is 12.1. The molecule has 1 amide bonds. The number of allylic oxidation sites excluding steroid dienone is 1. The lowest BCUT2D eigenvalue weighted by atomic mass is 10.1. The normalized spacial score (nSPS) is 10.8. The zero-order valence-electron chi connectivity index (χ0n) is 13.9. The largest absolute Gasteiger partial charge is 0.355 e. The predicted octanol–water partition coefficient (Wildman–Crippen LogP) is 3.78. The summed E-state index contributed by atoms with van der Waals surface area (Å²) in [6.07, 6.45) is 2.80. The van der Waals surface area contributed by atoms with Crippen molar-refractivity contribution in [3.05, 3.63) is 77.6 Å². The lowest BCUT2D eigenvalue weighted by molar-refractivity contribution is -0.120. The van der Waals surface area contributed by atoms with Crippen molar-refractivity contribution >= 4 is 28.5 Å². The minimum Gasteiger partial charge on any atom is -0.355 e. The molecule has 0 saturated carbocycles. The van der Waals surface area contributed by atoms with Gasteiger partial charge in [0.1, 0.15) is 5.82 Å². The van der Waals surface area contributed by atoms with Gasteiger partial charge in [0.25, 0.3) is 0 Å². The van der Waals surface area contributed by atoms with Gasteiger partial charge >= 0.3 is 0 Å². The SMILES string of the molecule is C=CCn1c(CCNC(=O)Cc2ccccc2Cl)nc2ccccc21. The van der Waals surface area contributed by atoms with Crippen molar-refractivity contribution in [3.8, 4) is 0 Å². The number of hydrogen-bond donors (Lipinski definition) is 1. The van der Waals surface area contributed by atoms with Crippen molar-refractivity contribution in [1.82, 2.24) is 14.9 Å². The van der Waals surface area contributed by atoms with Crippen LogP contribution in [0.2, 0.25) is 5.02 Å². The molecule has 2 aromatic carbocycles. The van der Waals surface area contributed by atoms with E-state index in [1.807, 2.05) is 48.5 Å². The van der Waals surface area contributed by atoms with E-state index in [0.29, 0.717) is 24.5 Å². The van der Waals surface area contributed by atoms with Crippen LogP contribution in [0.5, 0.6) is 0 Å². The lowest BCUT2D eigenvalue weighted by Crippen LogP contribution is -2.28. The zero-order chi connectivity index (χ0) is 17.6. The molecule has 4 nitrogen and oxygen atoms in total. The third-order valence-electron chi connectivity index (χ3n) is 4.02. The number of rotatable bonds is 7. The van der Waals surface area contributed by atoms with Crippen LogP contribution in [0.1, 0.15) is 11.4 Å². The van der Waals surface area contributed by atoms with Crippen LogP contribution < -0.4 is 5.32 Å². The molecule has 1 aromatic heterocycles. The van der Waals surface area contributed by atoms with Crippen LogP contribution in [0.15, 0.2) is 61.2 Å². The Hall–Kier alpha value is -2.59. The summed E-state index contributed by atoms with van der Waals surface area (Å²) >= 11 is 6.10. The van der Waals surface area contributed by atoms with Crippen LogP contribution in [0, 0.1) is 0 Å². The molecule has 0 saturated heterocycles. The Bertz CT molecular complexity index is 901. The summed E-state index contributed by atoms with van der Waals surface area (Å²) < 4.78 is 2.13. The average Bonchev–Trinajstić information content (AvgIpc) is 2.95. The van der Waals surface area contributed by atoms with E-state index in [1.54, 1.807) is 6.07 Å². The Balaban J connectivity index is 1.63. The Morgan fingerprint density at radius 1 is 1.20 bits per heavy atom. The van der Waals surface area contributed by atoms with E-state index in [9.17, 15) is 4.79 Å². The van der Waals surface area contributed by atoms with E-state index < -0.39 is 0 Å². The molecule has 0 unspecified atom stereocenters. The van der Waals surface area contributed by atoms with Gasteiger partial charge in [0, 0.05) is 24.5 Å². The van der Waals surface area contributed by atoms with Crippen LogP contribution in [-0.4, -0.2) is 22.0 Å². The van der Waals surface area contributed by atoms with Gasteiger partial charge in [0.05, 0.1) is 17.5 Å². The third kappa shape index (κ3) is 4.09. The minimum atomic E-state index is -0.0421. The van der Waals surface area contributed by atoms with E-state index in [-0.39, 0.29) is 12.3 Å². The molecule has 0 spiro atoms. The topological polar surface area (TPSA) is 46.9 Å². The quantitative estimate of drug-likeness (QED) is 0.657. The number of para-hydroxylation sites is 2. The van der Waals surface area contributed by atoms with Gasteiger partial charge in [-0.1, -0.05) is 48.0 Å². The number of fused-ring (bicyclic) bond motifs is 1. The van der Waals surface area contributed by atoms with Crippen LogP contribution in [0.3, 0.4) is 0 Å². The standard InChI is InChI=1S/C20H20ClN3O/c1-2-13-24-18-10-6-5-9-17(18)23-19(24)11-12-22-20(25)14-15-7-3-4-8-16(15)21/h2-10H,1,11-14H2,(H,22,25). The van der Waals surface area contributed by atoms with Crippen molar-refractivity contribution in [2.24, 2.45) is 0 Å². The molecule has 0 bridgehead atoms. The minimum absolute atomic E-state index is 0.0421. The molecule has 0 aliphatic rings. The fourth-order valence-corrected chi connectivity index (χ4v) is 3.04. The van der Waals surface area contributed by atoms with Gasteiger partial charge in [-0.15, -0.1) is 6.58 Å². The summed E-state index contributed by atoms with van der Waals surface area (Å²) in [6.45, 7) is 5.05. The van der Waals surface area contributed by atoms with Crippen LogP contribution in [0.4, 0.5) is 0 Å². The number of nitrogens with one attached hydrogen (secondary N) is 1. The number of nitrogens with zero attached hydrogens (tertiary/aromatic N) is 2. The average molecular weight is 354 g/mol. The molecule has 3 rings (SSSR count). The summed E-state index contributed by atoms with van der Waals surface area (Å²) in [5.41, 5.74) is 2.88. The number of carbonyl (C=O) groups excluding carboxylic acids is 1. The summed E-state index contributed by atoms with van der Waals surface area (Å²) in [6, 6.07) is 15.4. The highest BCUT2D eigenvalue weighted by Crippen LogP contribution is 2.17. The first-order chi connectivity index (χ1) is 12.2. The van der Waals surface area contributed by atoms with Crippen molar-refractivity contribution < 1.29 is 4.79 Å². The monoisotopic (exact) mass is 353 g/mol. The maximum atomic E-state index is 12.1. The van der Waals surface area contributed by atoms with E-state index in [2.05, 4.69) is 21.4 Å². The molecule has 0 radical (unpaired) electrons. The Labute approximate surface area is 152 Å². The molecule has 3 aromatic rings. The number of benzene rings is 2. The highest BCUT2D eigenvalue weighted by molar-refractivity contribution is 6.31. The van der Waals surface area contributed by atoms with Crippen molar-refractivity contribution in [3.63, 3.8) is 0 Å². The first kappa shape index (κ1) is 17.2. The van der Waals surface area contributed by atoms with E-state index in [4.69, 9.17) is 11.6 Å². The first-order valence-electron chi connectivity index (χ1n) is 8.24. The Kier molecular flexibility index (Phi) is 5.51. The molecule has 128 valence electrons. The summed E-state index contributed by atoms with van der Waals surface area (Å²) in [4.78, 5) is 16.8. The highest BCUT2D eigenvalue weighted by atomic mass is 35.5. The number of aromatic nitrogens is 2. The summed E-state index contributed by atoms with van der Waals surface area (Å²) in [7, 11) is 0. The fraction of sp³-hybridized carbons (Fsp3) is 0.200. The third-order valence-corrected chi connectivity index (χ3v) is 4.39. The van der Waals surface area contributed by atoms with Gasteiger partial charge in [-0.2, -0.15) is 0 Å². The molecule has 1 N–H and O–H groups in total. The van der Waals surface area contributed by atoms with Gasteiger partial charge in [0.2, 0.25) is 5.91 Å². The number of amides is 1. The molecule has 25 heavy (non-hydrogen) atoms. The highest BCUT2D eigenvalue weighted by Gasteiger charge is 2.10. The second kappa shape index (κ2) is 7.99. The Morgan fingerprint density at radius 3 is 2.76 bits per heavy atom. The fourth-order valence-electron chi connectivity index (χ4n) is 2.84. The predicted molar refractivity (Wildman–Crippen MR) is 102 cm³/mol. The van der Waals surface area contributed by atoms with Gasteiger partial charge in [0.15, 0.2) is 0 Å². The molecule has 0 aliphatic carbocycles. The van der Waals surface area contributed by atoms with Crippen molar-refractivity contribution in [1.29, 1.82) is 0 Å². The molecule has 5 heteroatoms. The number of imidazole rings is 1. The van der Waals surface area contributed by atoms with Gasteiger partial charge in [-0.05, 0) is 23.8 Å². The molecule has 0 fully saturated rings. The van der Waals surface area contributed by atoms with Crippen molar-refractivity contribution in [2.45, 2.75) is 19.4 Å². The smallest absolute Gasteiger partial charge is 0.224 e. The van der Waals surface area contributed by atoms with Crippen LogP contribution in [0.25, 0.3) is 11.0 Å². The zero-order valence-corrected chi connectivity index (χ0v) is 14.7. The maximum Gasteiger partial charge on any atom is 0.224 e. The molecular formula is C20H20ClN3O. The van der Waals surface area contributed by atoms with Crippen molar-refractivity contribution in [2.75, 3.05) is 6.54 Å². The number of hydrogen-bond acceptors (Lipinski definition) is 2. The van der Waals surface area contributed by atoms with Crippen LogP contribution in [-0.2, 0) is 24.2 Å². The molecule has 1 heterocycles. The molecule has 0 atom stereocenters. The lowest BCUT2D eigenvalue weighted by Gasteiger charge is -2.08. The van der Waals surface area contributed by atoms with E-state index >= 15 is 0 Å². The molecular weight excluding hydrogens is 334 g/mol. The van der Waals surface area contributed by atoms with E-state index in [1.165, 1.54) is 0 Å². The summed E-state index contributed by atoms with van der Waals surface area (Å²) in [5.74, 6) is 0.902. The number of carbonyl (C=O) groups is 1. The first-order valence-corrected chi connectivity index (χ1v) is 8.62. The second-order valence-corrected chi connectivity index (χ2v) is 6.19. The van der Waals surface area contributed by atoms with Gasteiger partial charge in [-0.25, -0.2) is 4.98 Å². The summed E-state index contributed by atoms with van der Waals surface area (Å²) in [5, 5.41) is 3.56. The second-order valence-electron chi connectivity index (χ2n) is 5.78. The van der Waals surface area contributed by atoms with E-state index in [0.717, 1.165) is 22.4 Å². The molecule has 0 aliphatic heterocycles. The van der Waals surface area contributed by atoms with Gasteiger partial charge in [-0.3, -0.25) is 4.79 Å². The van der Waals surface area contributed by atoms with Crippen LogP contribution >= 0.6 is 11.6 Å². The Morgan fingerprint density at radius 2 is 1.96 bits per heavy atom. The van der Waals surface area contributed by atoms with Gasteiger partial charge < -0.3 is 9.88 Å². The number of halogens is 1.